The molecule has 5 atom stereocenters. The van der Waals surface area contributed by atoms with E-state index in [-0.39, 0.29) is 0 Å². The first-order valence-corrected chi connectivity index (χ1v) is 5.83. The van der Waals surface area contributed by atoms with Crippen molar-refractivity contribution in [3.05, 3.63) is 12.2 Å². The van der Waals surface area contributed by atoms with Crippen molar-refractivity contribution in [2.75, 3.05) is 0 Å². The Morgan fingerprint density at radius 3 is 2.38 bits per heavy atom. The van der Waals surface area contributed by atoms with Crippen molar-refractivity contribution in [1.82, 2.24) is 0 Å². The maximum absolute atomic E-state index is 4.30. The largest absolute Gasteiger partial charge is 0.0993 e. The third-order valence-electron chi connectivity index (χ3n) is 4.56. The molecular formula is C13H22. The molecule has 2 unspecified atom stereocenters. The van der Waals surface area contributed by atoms with E-state index in [2.05, 4.69) is 27.4 Å². The summed E-state index contributed by atoms with van der Waals surface area (Å²) in [6.07, 6.45) is 4.29. The zero-order valence-corrected chi connectivity index (χ0v) is 9.22. The highest BCUT2D eigenvalue weighted by Crippen LogP contribution is 2.55. The fourth-order valence-corrected chi connectivity index (χ4v) is 3.14. The summed E-state index contributed by atoms with van der Waals surface area (Å²) in [5.74, 6) is 4.61. The summed E-state index contributed by atoms with van der Waals surface area (Å²) in [5.41, 5.74) is 1.56. The molecule has 0 saturated heterocycles. The maximum Gasteiger partial charge on any atom is -0.0169 e. The molecule has 0 heterocycles. The Kier molecular flexibility index (Phi) is 2.25. The first-order chi connectivity index (χ1) is 6.15. The molecule has 2 rings (SSSR count). The van der Waals surface area contributed by atoms with Crippen LogP contribution in [-0.2, 0) is 0 Å². The van der Waals surface area contributed by atoms with Crippen molar-refractivity contribution >= 4 is 0 Å². The standard InChI is InChI=1S/C13H22/c1-5-11-7-13(11)12-6-8(2)9(3)10(12)4/h8-9,11-13H,4-7H2,1-3H3/t8?,9-,11?,12-,13-/m0/s1. The Balaban J connectivity index is 1.99. The van der Waals surface area contributed by atoms with E-state index >= 15 is 0 Å². The number of rotatable bonds is 2. The van der Waals surface area contributed by atoms with E-state index in [1.165, 1.54) is 19.3 Å². The van der Waals surface area contributed by atoms with Gasteiger partial charge in [-0.2, -0.15) is 0 Å². The lowest BCUT2D eigenvalue weighted by Gasteiger charge is -2.12. The van der Waals surface area contributed by atoms with Gasteiger partial charge in [0.1, 0.15) is 0 Å². The van der Waals surface area contributed by atoms with Gasteiger partial charge in [-0.3, -0.25) is 0 Å². The van der Waals surface area contributed by atoms with E-state index < -0.39 is 0 Å². The quantitative estimate of drug-likeness (QED) is 0.563. The average molecular weight is 178 g/mol. The van der Waals surface area contributed by atoms with Gasteiger partial charge in [-0.1, -0.05) is 39.3 Å². The van der Waals surface area contributed by atoms with Crippen LogP contribution in [0.3, 0.4) is 0 Å². The highest BCUT2D eigenvalue weighted by atomic mass is 14.5. The minimum absolute atomic E-state index is 0.781. The predicted octanol–water partition coefficient (Wildman–Crippen LogP) is 3.88. The van der Waals surface area contributed by atoms with Crippen LogP contribution < -0.4 is 0 Å². The van der Waals surface area contributed by atoms with Gasteiger partial charge in [-0.05, 0) is 42.4 Å². The van der Waals surface area contributed by atoms with Gasteiger partial charge in [0.2, 0.25) is 0 Å². The summed E-state index contributed by atoms with van der Waals surface area (Å²) in [4.78, 5) is 0. The van der Waals surface area contributed by atoms with E-state index in [4.69, 9.17) is 0 Å². The summed E-state index contributed by atoms with van der Waals surface area (Å²) < 4.78 is 0. The number of hydrogen-bond acceptors (Lipinski definition) is 0. The summed E-state index contributed by atoms with van der Waals surface area (Å²) in [5, 5.41) is 0. The van der Waals surface area contributed by atoms with Crippen molar-refractivity contribution in [3.8, 4) is 0 Å². The second kappa shape index (κ2) is 3.15. The van der Waals surface area contributed by atoms with Crippen LogP contribution >= 0.6 is 0 Å². The van der Waals surface area contributed by atoms with Gasteiger partial charge in [0.25, 0.3) is 0 Å². The normalized spacial score (nSPS) is 49.8. The van der Waals surface area contributed by atoms with Gasteiger partial charge in [-0.15, -0.1) is 0 Å². The first kappa shape index (κ1) is 9.30. The Bertz CT molecular complexity index is 216. The molecule has 2 aliphatic rings. The molecule has 0 nitrogen and oxygen atoms in total. The van der Waals surface area contributed by atoms with Crippen molar-refractivity contribution < 1.29 is 0 Å². The van der Waals surface area contributed by atoms with Crippen LogP contribution in [0.4, 0.5) is 0 Å². The summed E-state index contributed by atoms with van der Waals surface area (Å²) in [6, 6.07) is 0. The molecule has 74 valence electrons. The lowest BCUT2D eigenvalue weighted by atomic mass is 9.94. The average Bonchev–Trinajstić information content (AvgIpc) is 2.85. The van der Waals surface area contributed by atoms with E-state index in [1.54, 1.807) is 5.57 Å². The molecule has 0 aromatic carbocycles. The molecule has 0 amide bonds. The van der Waals surface area contributed by atoms with Crippen LogP contribution in [-0.4, -0.2) is 0 Å². The molecule has 0 aromatic heterocycles. The monoisotopic (exact) mass is 178 g/mol. The smallest absolute Gasteiger partial charge is 0.0169 e. The minimum atomic E-state index is 0.781. The summed E-state index contributed by atoms with van der Waals surface area (Å²) >= 11 is 0. The van der Waals surface area contributed by atoms with Crippen LogP contribution in [0.25, 0.3) is 0 Å². The van der Waals surface area contributed by atoms with E-state index in [0.717, 1.165) is 29.6 Å². The highest BCUT2D eigenvalue weighted by Gasteiger charge is 2.46. The van der Waals surface area contributed by atoms with E-state index in [1.807, 2.05) is 0 Å². The molecule has 0 radical (unpaired) electrons. The fourth-order valence-electron chi connectivity index (χ4n) is 3.14. The topological polar surface area (TPSA) is 0 Å². The van der Waals surface area contributed by atoms with Crippen LogP contribution in [0.15, 0.2) is 12.2 Å². The van der Waals surface area contributed by atoms with Crippen molar-refractivity contribution in [2.45, 2.75) is 40.0 Å². The molecule has 2 fully saturated rings. The Morgan fingerprint density at radius 2 is 2.00 bits per heavy atom. The molecule has 2 aliphatic carbocycles. The Hall–Kier alpha value is -0.260. The van der Waals surface area contributed by atoms with Gasteiger partial charge >= 0.3 is 0 Å². The van der Waals surface area contributed by atoms with Crippen LogP contribution in [0.1, 0.15) is 40.0 Å². The minimum Gasteiger partial charge on any atom is -0.0993 e. The summed E-state index contributed by atoms with van der Waals surface area (Å²) in [7, 11) is 0. The van der Waals surface area contributed by atoms with Gasteiger partial charge in [0.05, 0.1) is 0 Å². The lowest BCUT2D eigenvalue weighted by molar-refractivity contribution is 0.444. The molecule has 13 heavy (non-hydrogen) atoms. The fraction of sp³-hybridized carbons (Fsp3) is 0.846. The molecule has 2 saturated carbocycles. The van der Waals surface area contributed by atoms with Crippen molar-refractivity contribution in [3.63, 3.8) is 0 Å². The van der Waals surface area contributed by atoms with Gasteiger partial charge in [0, 0.05) is 0 Å². The molecule has 0 N–H and O–H groups in total. The van der Waals surface area contributed by atoms with Gasteiger partial charge < -0.3 is 0 Å². The highest BCUT2D eigenvalue weighted by molar-refractivity contribution is 5.17. The van der Waals surface area contributed by atoms with E-state index in [9.17, 15) is 0 Å². The number of allylic oxidation sites excluding steroid dienone is 1. The molecule has 0 bridgehead atoms. The number of hydrogen-bond donors (Lipinski definition) is 0. The summed E-state index contributed by atoms with van der Waals surface area (Å²) in [6.45, 7) is 11.4. The SMILES string of the molecule is C=C1[C@@H](C)C(C)C[C@@H]1[C@H]1CC1CC. The molecule has 0 spiro atoms. The van der Waals surface area contributed by atoms with Gasteiger partial charge in [-0.25, -0.2) is 0 Å². The maximum atomic E-state index is 4.30. The third-order valence-corrected chi connectivity index (χ3v) is 4.56. The second-order valence-electron chi connectivity index (χ2n) is 5.25. The van der Waals surface area contributed by atoms with Crippen molar-refractivity contribution in [2.24, 2.45) is 29.6 Å². The van der Waals surface area contributed by atoms with Crippen LogP contribution in [0.2, 0.25) is 0 Å². The lowest BCUT2D eigenvalue weighted by Crippen LogP contribution is -2.02. The predicted molar refractivity (Wildman–Crippen MR) is 57.5 cm³/mol. The first-order valence-electron chi connectivity index (χ1n) is 5.83. The molecule has 0 aromatic rings. The Labute approximate surface area is 82.4 Å². The molecule has 0 aliphatic heterocycles. The zero-order valence-electron chi connectivity index (χ0n) is 9.22. The van der Waals surface area contributed by atoms with Crippen LogP contribution in [0, 0.1) is 29.6 Å². The van der Waals surface area contributed by atoms with E-state index in [0.29, 0.717) is 0 Å². The van der Waals surface area contributed by atoms with Gasteiger partial charge in [0.15, 0.2) is 0 Å². The second-order valence-corrected chi connectivity index (χ2v) is 5.25. The Morgan fingerprint density at radius 1 is 1.31 bits per heavy atom. The zero-order chi connectivity index (χ0) is 9.59. The van der Waals surface area contributed by atoms with Crippen molar-refractivity contribution in [1.29, 1.82) is 0 Å². The van der Waals surface area contributed by atoms with Crippen LogP contribution in [0.5, 0.6) is 0 Å². The molecule has 0 heteroatoms. The third kappa shape index (κ3) is 1.45. The molecular weight excluding hydrogens is 156 g/mol.